The zero-order valence-corrected chi connectivity index (χ0v) is 7.25. The third kappa shape index (κ3) is 1.91. The number of nitro benzene ring substituents is 1. The Kier molecular flexibility index (Phi) is 2.87. The number of benzene rings is 1. The Balaban J connectivity index is 3.42. The summed E-state index contributed by atoms with van der Waals surface area (Å²) in [5, 5.41) is 10.2. The summed E-state index contributed by atoms with van der Waals surface area (Å²) in [6.45, 7) is 0. The minimum absolute atomic E-state index is 0.196. The number of nitrogens with zero attached hydrogens (tertiary/aromatic N) is 1. The van der Waals surface area contributed by atoms with E-state index in [1.807, 2.05) is 0 Å². The van der Waals surface area contributed by atoms with Crippen molar-refractivity contribution in [3.05, 3.63) is 33.9 Å². The molecule has 1 aromatic carbocycles. The second-order valence-corrected chi connectivity index (χ2v) is 3.18. The highest BCUT2D eigenvalue weighted by Gasteiger charge is 2.20. The van der Waals surface area contributed by atoms with E-state index in [9.17, 15) is 23.1 Å². The van der Waals surface area contributed by atoms with Crippen LogP contribution in [0, 0.1) is 21.7 Å². The Morgan fingerprint density at radius 3 is 2.36 bits per heavy atom. The van der Waals surface area contributed by atoms with E-state index in [2.05, 4.69) is 0 Å². The number of nitro groups is 1. The molecule has 0 aliphatic carbocycles. The largest absolute Gasteiger partial charge is 0.306 e. The molecule has 0 aliphatic rings. The van der Waals surface area contributed by atoms with E-state index in [0.717, 1.165) is 0 Å². The van der Waals surface area contributed by atoms with Crippen molar-refractivity contribution < 1.29 is 22.5 Å². The SMILES string of the molecule is O=[N+]([O-])c1cc(S(=O)O)c(F)cc1F. The van der Waals surface area contributed by atoms with Gasteiger partial charge in [-0.3, -0.25) is 10.1 Å². The van der Waals surface area contributed by atoms with Gasteiger partial charge in [0.05, 0.1) is 4.92 Å². The van der Waals surface area contributed by atoms with Crippen LogP contribution in [0.1, 0.15) is 0 Å². The fourth-order valence-electron chi connectivity index (χ4n) is 0.792. The maximum absolute atomic E-state index is 12.7. The molecule has 0 fully saturated rings. The monoisotopic (exact) mass is 223 g/mol. The number of hydrogen-bond acceptors (Lipinski definition) is 3. The first-order valence-corrected chi connectivity index (χ1v) is 4.28. The molecular weight excluding hydrogens is 220 g/mol. The lowest BCUT2D eigenvalue weighted by Crippen LogP contribution is -1.99. The van der Waals surface area contributed by atoms with Crippen molar-refractivity contribution in [2.45, 2.75) is 4.90 Å². The third-order valence-electron chi connectivity index (χ3n) is 1.39. The Hall–Kier alpha value is -1.41. The molecule has 0 heterocycles. The first-order chi connectivity index (χ1) is 6.43. The van der Waals surface area contributed by atoms with Crippen molar-refractivity contribution >= 4 is 16.8 Å². The highest BCUT2D eigenvalue weighted by molar-refractivity contribution is 7.79. The van der Waals surface area contributed by atoms with Crippen molar-refractivity contribution in [2.75, 3.05) is 0 Å². The van der Waals surface area contributed by atoms with Gasteiger partial charge in [-0.2, -0.15) is 4.39 Å². The van der Waals surface area contributed by atoms with Crippen LogP contribution in [0.2, 0.25) is 0 Å². The van der Waals surface area contributed by atoms with Crippen LogP contribution in [0.25, 0.3) is 0 Å². The van der Waals surface area contributed by atoms with Gasteiger partial charge in [0.2, 0.25) is 5.82 Å². The molecule has 14 heavy (non-hydrogen) atoms. The predicted molar refractivity (Wildman–Crippen MR) is 42.0 cm³/mol. The quantitative estimate of drug-likeness (QED) is 0.467. The average molecular weight is 223 g/mol. The minimum Gasteiger partial charge on any atom is -0.302 e. The lowest BCUT2D eigenvalue weighted by atomic mass is 10.3. The van der Waals surface area contributed by atoms with Crippen molar-refractivity contribution in [3.63, 3.8) is 0 Å². The van der Waals surface area contributed by atoms with Gasteiger partial charge < -0.3 is 4.55 Å². The van der Waals surface area contributed by atoms with Crippen LogP contribution < -0.4 is 0 Å². The van der Waals surface area contributed by atoms with Crippen LogP contribution in [0.15, 0.2) is 17.0 Å². The molecule has 0 aromatic heterocycles. The van der Waals surface area contributed by atoms with Gasteiger partial charge in [0, 0.05) is 12.1 Å². The molecule has 1 rings (SSSR count). The summed E-state index contributed by atoms with van der Waals surface area (Å²) in [7, 11) is 0. The van der Waals surface area contributed by atoms with Gasteiger partial charge in [-0.25, -0.2) is 8.60 Å². The van der Waals surface area contributed by atoms with Gasteiger partial charge >= 0.3 is 5.69 Å². The van der Waals surface area contributed by atoms with Crippen LogP contribution in [-0.4, -0.2) is 13.7 Å². The van der Waals surface area contributed by atoms with Crippen LogP contribution in [0.5, 0.6) is 0 Å². The summed E-state index contributed by atoms with van der Waals surface area (Å²) in [5.41, 5.74) is -1.04. The molecule has 1 unspecified atom stereocenters. The van der Waals surface area contributed by atoms with Crippen LogP contribution in [0.3, 0.4) is 0 Å². The molecule has 1 aromatic rings. The number of hydrogen-bond donors (Lipinski definition) is 1. The van der Waals surface area contributed by atoms with Crippen molar-refractivity contribution in [1.82, 2.24) is 0 Å². The van der Waals surface area contributed by atoms with E-state index < -0.39 is 38.2 Å². The molecule has 8 heteroatoms. The molecule has 5 nitrogen and oxygen atoms in total. The molecule has 0 saturated carbocycles. The second-order valence-electron chi connectivity index (χ2n) is 2.24. The number of rotatable bonds is 2. The topological polar surface area (TPSA) is 80.4 Å². The molecule has 0 amide bonds. The van der Waals surface area contributed by atoms with E-state index in [4.69, 9.17) is 4.55 Å². The molecule has 76 valence electrons. The van der Waals surface area contributed by atoms with Gasteiger partial charge in [0.1, 0.15) is 10.7 Å². The van der Waals surface area contributed by atoms with E-state index in [1.165, 1.54) is 0 Å². The van der Waals surface area contributed by atoms with Crippen LogP contribution >= 0.6 is 0 Å². The third-order valence-corrected chi connectivity index (χ3v) is 2.08. The summed E-state index contributed by atoms with van der Waals surface area (Å²) in [6.07, 6.45) is 0. The Morgan fingerprint density at radius 1 is 1.36 bits per heavy atom. The summed E-state index contributed by atoms with van der Waals surface area (Å²) in [5.74, 6) is -2.68. The van der Waals surface area contributed by atoms with Gasteiger partial charge in [-0.05, 0) is 0 Å². The van der Waals surface area contributed by atoms with Gasteiger partial charge in [-0.1, -0.05) is 0 Å². The molecule has 0 bridgehead atoms. The van der Waals surface area contributed by atoms with E-state index in [1.54, 1.807) is 0 Å². The highest BCUT2D eigenvalue weighted by atomic mass is 32.2. The Labute approximate surface area is 78.8 Å². The summed E-state index contributed by atoms with van der Waals surface area (Å²) in [6, 6.07) is 0.586. The zero-order valence-electron chi connectivity index (χ0n) is 6.44. The second kappa shape index (κ2) is 3.76. The molecule has 0 aliphatic heterocycles. The maximum atomic E-state index is 12.7. The lowest BCUT2D eigenvalue weighted by Gasteiger charge is -1.98. The maximum Gasteiger partial charge on any atom is 0.306 e. The molecule has 0 spiro atoms. The highest BCUT2D eigenvalue weighted by Crippen LogP contribution is 2.22. The first-order valence-electron chi connectivity index (χ1n) is 3.17. The first kappa shape index (κ1) is 10.7. The summed E-state index contributed by atoms with van der Waals surface area (Å²) in [4.78, 5) is 8.24. The standard InChI is InChI=1S/C6H3F2NO4S/c7-3-1-4(8)6(14(12)13)2-5(3)9(10)11/h1-2H,(H,12,13). The molecule has 0 radical (unpaired) electrons. The molecule has 0 saturated heterocycles. The zero-order chi connectivity index (χ0) is 10.9. The van der Waals surface area contributed by atoms with E-state index in [0.29, 0.717) is 6.07 Å². The number of halogens is 2. The smallest absolute Gasteiger partial charge is 0.302 e. The van der Waals surface area contributed by atoms with Crippen LogP contribution in [-0.2, 0) is 11.1 Å². The predicted octanol–water partition coefficient (Wildman–Crippen LogP) is 1.45. The Bertz CT molecular complexity index is 387. The fourth-order valence-corrected chi connectivity index (χ4v) is 1.23. The summed E-state index contributed by atoms with van der Waals surface area (Å²) >= 11 is -2.72. The molecular formula is C6H3F2NO4S. The minimum atomic E-state index is -2.72. The summed E-state index contributed by atoms with van der Waals surface area (Å²) < 4.78 is 44.3. The average Bonchev–Trinajstić information content (AvgIpc) is 2.02. The van der Waals surface area contributed by atoms with Crippen molar-refractivity contribution in [1.29, 1.82) is 0 Å². The molecule has 1 atom stereocenters. The van der Waals surface area contributed by atoms with E-state index >= 15 is 0 Å². The Morgan fingerprint density at radius 2 is 1.93 bits per heavy atom. The van der Waals surface area contributed by atoms with Gasteiger partial charge in [0.15, 0.2) is 11.1 Å². The lowest BCUT2D eigenvalue weighted by molar-refractivity contribution is -0.387. The molecule has 1 N–H and O–H groups in total. The van der Waals surface area contributed by atoms with Crippen molar-refractivity contribution in [3.8, 4) is 0 Å². The van der Waals surface area contributed by atoms with Crippen LogP contribution in [0.4, 0.5) is 14.5 Å². The van der Waals surface area contributed by atoms with Gasteiger partial charge in [0.25, 0.3) is 0 Å². The normalized spacial score (nSPS) is 12.5. The fraction of sp³-hybridized carbons (Fsp3) is 0. The van der Waals surface area contributed by atoms with Gasteiger partial charge in [-0.15, -0.1) is 0 Å². The van der Waals surface area contributed by atoms with Crippen molar-refractivity contribution in [2.24, 2.45) is 0 Å². The van der Waals surface area contributed by atoms with E-state index in [-0.39, 0.29) is 6.07 Å².